The molecule has 0 amide bonds. The van der Waals surface area contributed by atoms with Crippen LogP contribution in [0.3, 0.4) is 0 Å². The molecule has 0 heterocycles. The van der Waals surface area contributed by atoms with Gasteiger partial charge in [-0.2, -0.15) is 0 Å². The van der Waals surface area contributed by atoms with Crippen LogP contribution in [0.25, 0.3) is 0 Å². The van der Waals surface area contributed by atoms with E-state index in [2.05, 4.69) is 47.8 Å². The van der Waals surface area contributed by atoms with Crippen LogP contribution >= 0.6 is 47.8 Å². The third-order valence-corrected chi connectivity index (χ3v) is 3.02. The lowest BCUT2D eigenvalue weighted by Crippen LogP contribution is -2.08. The second-order valence-electron chi connectivity index (χ2n) is 2.76. The fourth-order valence-electron chi connectivity index (χ4n) is 1.05. The van der Waals surface area contributed by atoms with E-state index in [0.717, 1.165) is 8.96 Å². The Morgan fingerprint density at radius 2 is 1.79 bits per heavy atom. The predicted molar refractivity (Wildman–Crippen MR) is 70.1 cm³/mol. The Morgan fingerprint density at radius 1 is 1.21 bits per heavy atom. The molecule has 1 aromatic rings. The molecule has 0 radical (unpaired) electrons. The van der Waals surface area contributed by atoms with Crippen LogP contribution in [0.15, 0.2) is 39.8 Å². The van der Waals surface area contributed by atoms with Gasteiger partial charge in [-0.1, -0.05) is 46.3 Å². The lowest BCUT2D eigenvalue weighted by atomic mass is 10.1. The van der Waals surface area contributed by atoms with Crippen molar-refractivity contribution < 1.29 is 5.11 Å². The highest BCUT2D eigenvalue weighted by atomic mass is 79.9. The van der Waals surface area contributed by atoms with Gasteiger partial charge in [0.1, 0.15) is 0 Å². The van der Waals surface area contributed by atoms with Crippen LogP contribution in [-0.4, -0.2) is 9.93 Å². The van der Waals surface area contributed by atoms with Crippen LogP contribution in [-0.2, 0) is 0 Å². The van der Waals surface area contributed by atoms with Crippen molar-refractivity contribution in [2.45, 2.75) is 10.9 Å². The van der Waals surface area contributed by atoms with E-state index in [1.807, 2.05) is 36.4 Å². The largest absolute Gasteiger partial charge is 0.387 e. The van der Waals surface area contributed by atoms with Crippen LogP contribution in [0, 0.1) is 0 Å². The van der Waals surface area contributed by atoms with Crippen LogP contribution in [0.4, 0.5) is 0 Å². The van der Waals surface area contributed by atoms with Crippen LogP contribution in [0.1, 0.15) is 11.7 Å². The molecule has 14 heavy (non-hydrogen) atoms. The van der Waals surface area contributed by atoms with Gasteiger partial charge in [-0.3, -0.25) is 0 Å². The van der Waals surface area contributed by atoms with Gasteiger partial charge in [-0.05, 0) is 43.5 Å². The molecule has 1 nitrogen and oxygen atoms in total. The first-order valence-electron chi connectivity index (χ1n) is 4.01. The van der Waals surface area contributed by atoms with E-state index >= 15 is 0 Å². The third-order valence-electron chi connectivity index (χ3n) is 1.73. The Balaban J connectivity index is 2.76. The summed E-state index contributed by atoms with van der Waals surface area (Å²) in [5.41, 5.74) is 0.895. The SMILES string of the molecule is O[C@@H](c1ccccc1)[C@H](Br)C=C(Br)Br. The van der Waals surface area contributed by atoms with Crippen LogP contribution in [0.5, 0.6) is 0 Å². The minimum atomic E-state index is -0.540. The van der Waals surface area contributed by atoms with Gasteiger partial charge < -0.3 is 5.11 Å². The highest BCUT2D eigenvalue weighted by Gasteiger charge is 2.15. The summed E-state index contributed by atoms with van der Waals surface area (Å²) in [4.78, 5) is -0.112. The topological polar surface area (TPSA) is 20.2 Å². The molecule has 0 bridgehead atoms. The maximum atomic E-state index is 9.90. The molecule has 0 aromatic heterocycles. The summed E-state index contributed by atoms with van der Waals surface area (Å²) in [5.74, 6) is 0. The first-order valence-corrected chi connectivity index (χ1v) is 6.51. The van der Waals surface area contributed by atoms with Crippen molar-refractivity contribution >= 4 is 47.8 Å². The quantitative estimate of drug-likeness (QED) is 0.777. The van der Waals surface area contributed by atoms with E-state index in [-0.39, 0.29) is 4.83 Å². The molecule has 2 atom stereocenters. The molecule has 0 fully saturated rings. The van der Waals surface area contributed by atoms with Crippen LogP contribution < -0.4 is 0 Å². The van der Waals surface area contributed by atoms with Gasteiger partial charge in [0.15, 0.2) is 0 Å². The summed E-state index contributed by atoms with van der Waals surface area (Å²) in [6.45, 7) is 0. The Hall–Kier alpha value is 0.360. The fraction of sp³-hybridized carbons (Fsp3) is 0.200. The zero-order valence-electron chi connectivity index (χ0n) is 7.20. The van der Waals surface area contributed by atoms with Gasteiger partial charge >= 0.3 is 0 Å². The van der Waals surface area contributed by atoms with Gasteiger partial charge in [0, 0.05) is 0 Å². The van der Waals surface area contributed by atoms with Crippen molar-refractivity contribution in [3.8, 4) is 0 Å². The Morgan fingerprint density at radius 3 is 2.29 bits per heavy atom. The smallest absolute Gasteiger partial charge is 0.0950 e. The summed E-state index contributed by atoms with van der Waals surface area (Å²) < 4.78 is 0.821. The summed E-state index contributed by atoms with van der Waals surface area (Å²) in [6.07, 6.45) is 1.30. The molecule has 1 N–H and O–H groups in total. The van der Waals surface area contributed by atoms with E-state index in [4.69, 9.17) is 0 Å². The normalized spacial score (nSPS) is 14.6. The molecular formula is C10H9Br3O. The van der Waals surface area contributed by atoms with E-state index in [1.165, 1.54) is 0 Å². The van der Waals surface area contributed by atoms with Gasteiger partial charge in [0.25, 0.3) is 0 Å². The third kappa shape index (κ3) is 3.85. The number of hydrogen-bond acceptors (Lipinski definition) is 1. The number of aliphatic hydroxyl groups excluding tert-OH is 1. The molecule has 0 spiro atoms. The second-order valence-corrected chi connectivity index (χ2v) is 6.59. The van der Waals surface area contributed by atoms with Crippen molar-refractivity contribution in [1.29, 1.82) is 0 Å². The molecule has 0 unspecified atom stereocenters. The van der Waals surface area contributed by atoms with Crippen molar-refractivity contribution in [2.75, 3.05) is 0 Å². The van der Waals surface area contributed by atoms with E-state index < -0.39 is 6.10 Å². The number of rotatable bonds is 3. The first kappa shape index (κ1) is 12.4. The monoisotopic (exact) mass is 382 g/mol. The standard InChI is InChI=1S/C10H9Br3O/c11-8(6-9(12)13)10(14)7-4-2-1-3-5-7/h1-6,8,10,14H/t8-,10+/m1/s1. The molecule has 1 rings (SSSR count). The van der Waals surface area contributed by atoms with Crippen molar-refractivity contribution in [1.82, 2.24) is 0 Å². The number of benzene rings is 1. The minimum Gasteiger partial charge on any atom is -0.387 e. The van der Waals surface area contributed by atoms with Gasteiger partial charge in [-0.15, -0.1) is 0 Å². The average molecular weight is 385 g/mol. The molecule has 1 aromatic carbocycles. The van der Waals surface area contributed by atoms with Gasteiger partial charge in [0.2, 0.25) is 0 Å². The average Bonchev–Trinajstić information content (AvgIpc) is 2.17. The van der Waals surface area contributed by atoms with Crippen molar-refractivity contribution in [2.24, 2.45) is 0 Å². The minimum absolute atomic E-state index is 0.112. The lowest BCUT2D eigenvalue weighted by molar-refractivity contribution is 0.188. The number of halogens is 3. The summed E-state index contributed by atoms with van der Waals surface area (Å²) in [6, 6.07) is 9.54. The number of hydrogen-bond donors (Lipinski definition) is 1. The Labute approximate surface area is 109 Å². The highest BCUT2D eigenvalue weighted by molar-refractivity contribution is 9.28. The maximum Gasteiger partial charge on any atom is 0.0950 e. The molecule has 0 saturated heterocycles. The van der Waals surface area contributed by atoms with E-state index in [0.29, 0.717) is 0 Å². The second kappa shape index (κ2) is 6.05. The predicted octanol–water partition coefficient (Wildman–Crippen LogP) is 4.11. The summed E-state index contributed by atoms with van der Waals surface area (Å²) in [5, 5.41) is 9.90. The van der Waals surface area contributed by atoms with Gasteiger partial charge in [0.05, 0.1) is 14.3 Å². The number of aliphatic hydroxyl groups is 1. The summed E-state index contributed by atoms with van der Waals surface area (Å²) in [7, 11) is 0. The zero-order valence-corrected chi connectivity index (χ0v) is 12.0. The highest BCUT2D eigenvalue weighted by Crippen LogP contribution is 2.26. The lowest BCUT2D eigenvalue weighted by Gasteiger charge is -2.14. The summed E-state index contributed by atoms with van der Waals surface area (Å²) >= 11 is 9.90. The molecule has 4 heteroatoms. The Bertz CT molecular complexity index is 306. The fourth-order valence-corrected chi connectivity index (χ4v) is 2.89. The molecule has 0 saturated carbocycles. The molecule has 0 aliphatic rings. The molecule has 76 valence electrons. The first-order chi connectivity index (χ1) is 6.61. The van der Waals surface area contributed by atoms with Gasteiger partial charge in [-0.25, -0.2) is 0 Å². The number of alkyl halides is 1. The van der Waals surface area contributed by atoms with E-state index in [9.17, 15) is 5.11 Å². The molecule has 0 aliphatic carbocycles. The molecular weight excluding hydrogens is 376 g/mol. The maximum absolute atomic E-state index is 9.90. The van der Waals surface area contributed by atoms with Crippen molar-refractivity contribution in [3.63, 3.8) is 0 Å². The van der Waals surface area contributed by atoms with E-state index in [1.54, 1.807) is 0 Å². The molecule has 0 aliphatic heterocycles. The van der Waals surface area contributed by atoms with Crippen LogP contribution in [0.2, 0.25) is 0 Å². The zero-order chi connectivity index (χ0) is 10.6. The van der Waals surface area contributed by atoms with Crippen molar-refractivity contribution in [3.05, 3.63) is 45.4 Å². The Kier molecular flexibility index (Phi) is 5.38.